The Bertz CT molecular complexity index is 318. The summed E-state index contributed by atoms with van der Waals surface area (Å²) in [4.78, 5) is 2.29. The molecular formula is C10H14F2N2S. The van der Waals surface area contributed by atoms with E-state index in [9.17, 15) is 8.28 Å². The van der Waals surface area contributed by atoms with Crippen LogP contribution in [-0.2, 0) is 0 Å². The fraction of sp³-hybridized carbons (Fsp3) is 0.400. The van der Waals surface area contributed by atoms with Gasteiger partial charge in [0.15, 0.2) is 0 Å². The normalized spacial score (nSPS) is 10.7. The fourth-order valence-corrected chi connectivity index (χ4v) is 1.46. The molecule has 0 aromatic heterocycles. The monoisotopic (exact) mass is 232 g/mol. The molecule has 0 aliphatic heterocycles. The van der Waals surface area contributed by atoms with Crippen LogP contribution in [0.15, 0.2) is 23.1 Å². The Hall–Kier alpha value is -0.810. The van der Waals surface area contributed by atoms with Crippen molar-refractivity contribution in [3.8, 4) is 0 Å². The van der Waals surface area contributed by atoms with Gasteiger partial charge in [-0.15, -0.1) is 0 Å². The molecule has 1 rings (SSSR count). The summed E-state index contributed by atoms with van der Waals surface area (Å²) < 4.78 is 25.2. The third-order valence-electron chi connectivity index (χ3n) is 1.85. The van der Waals surface area contributed by atoms with E-state index in [0.29, 0.717) is 12.2 Å². The maximum absolute atomic E-state index is 13.0. The number of benzene rings is 1. The predicted molar refractivity (Wildman–Crippen MR) is 60.4 cm³/mol. The number of halogens is 2. The topological polar surface area (TPSA) is 15.3 Å². The first-order chi connectivity index (χ1) is 7.11. The Morgan fingerprint density at radius 3 is 2.67 bits per heavy atom. The Morgan fingerprint density at radius 2 is 2.07 bits per heavy atom. The second kappa shape index (κ2) is 5.92. The first kappa shape index (κ1) is 12.3. The van der Waals surface area contributed by atoms with E-state index >= 15 is 0 Å². The summed E-state index contributed by atoms with van der Waals surface area (Å²) in [7, 11) is 3.91. The van der Waals surface area contributed by atoms with Crippen LogP contribution in [0.4, 0.5) is 14.0 Å². The number of hydrogen-bond acceptors (Lipinski definition) is 3. The molecule has 0 fully saturated rings. The van der Waals surface area contributed by atoms with E-state index in [1.165, 1.54) is 12.1 Å². The summed E-state index contributed by atoms with van der Waals surface area (Å²) in [6, 6.07) is 4.11. The standard InChI is InChI=1S/C10H14F2N2S/c1-14(2)4-3-13-9-5-8(11)6-10(7-9)15-12/h5-7,13H,3-4H2,1-2H3. The second-order valence-corrected chi connectivity index (χ2v) is 4.11. The van der Waals surface area contributed by atoms with Crippen molar-refractivity contribution in [2.75, 3.05) is 32.5 Å². The van der Waals surface area contributed by atoms with Gasteiger partial charge in [-0.1, -0.05) is 0 Å². The maximum Gasteiger partial charge on any atom is 0.126 e. The van der Waals surface area contributed by atoms with Crippen LogP contribution in [0.5, 0.6) is 0 Å². The molecule has 15 heavy (non-hydrogen) atoms. The Morgan fingerprint density at radius 1 is 1.33 bits per heavy atom. The number of rotatable bonds is 5. The highest BCUT2D eigenvalue weighted by atomic mass is 32.2. The summed E-state index contributed by atoms with van der Waals surface area (Å²) in [6.45, 7) is 1.54. The summed E-state index contributed by atoms with van der Waals surface area (Å²) in [6.07, 6.45) is 0. The van der Waals surface area contributed by atoms with Crippen molar-refractivity contribution in [2.24, 2.45) is 0 Å². The highest BCUT2D eigenvalue weighted by Gasteiger charge is 2.01. The van der Waals surface area contributed by atoms with Gasteiger partial charge >= 0.3 is 0 Å². The van der Waals surface area contributed by atoms with Crippen molar-refractivity contribution in [3.63, 3.8) is 0 Å². The minimum Gasteiger partial charge on any atom is -0.384 e. The molecule has 2 nitrogen and oxygen atoms in total. The number of likely N-dealkylation sites (N-methyl/N-ethyl adjacent to an activating group) is 1. The molecule has 0 saturated heterocycles. The van der Waals surface area contributed by atoms with E-state index in [0.717, 1.165) is 6.54 Å². The average molecular weight is 232 g/mol. The second-order valence-electron chi connectivity index (χ2n) is 3.48. The van der Waals surface area contributed by atoms with Crippen LogP contribution >= 0.6 is 12.1 Å². The van der Waals surface area contributed by atoms with Gasteiger partial charge in [-0.3, -0.25) is 0 Å². The quantitative estimate of drug-likeness (QED) is 0.840. The van der Waals surface area contributed by atoms with Crippen molar-refractivity contribution in [3.05, 3.63) is 24.0 Å². The van der Waals surface area contributed by atoms with E-state index in [4.69, 9.17) is 0 Å². The summed E-state index contributed by atoms with van der Waals surface area (Å²) in [5, 5.41) is 3.03. The lowest BCUT2D eigenvalue weighted by Crippen LogP contribution is -2.20. The average Bonchev–Trinajstić information content (AvgIpc) is 2.16. The first-order valence-corrected chi connectivity index (χ1v) is 5.31. The molecule has 1 aromatic rings. The fourth-order valence-electron chi connectivity index (χ4n) is 1.13. The molecule has 0 unspecified atom stereocenters. The van der Waals surface area contributed by atoms with Crippen molar-refractivity contribution < 1.29 is 8.28 Å². The van der Waals surface area contributed by atoms with Crippen LogP contribution in [0.1, 0.15) is 0 Å². The number of anilines is 1. The Kier molecular flexibility index (Phi) is 4.84. The molecule has 5 heteroatoms. The molecule has 0 atom stereocenters. The van der Waals surface area contributed by atoms with Gasteiger partial charge in [0.25, 0.3) is 0 Å². The van der Waals surface area contributed by atoms with E-state index in [-0.39, 0.29) is 17.0 Å². The van der Waals surface area contributed by atoms with Crippen LogP contribution in [0.3, 0.4) is 0 Å². The number of hydrogen-bond donors (Lipinski definition) is 1. The van der Waals surface area contributed by atoms with Crippen LogP contribution in [0, 0.1) is 5.82 Å². The zero-order valence-electron chi connectivity index (χ0n) is 8.76. The van der Waals surface area contributed by atoms with Crippen molar-refractivity contribution in [2.45, 2.75) is 4.90 Å². The third kappa shape index (κ3) is 4.48. The molecule has 0 heterocycles. The van der Waals surface area contributed by atoms with Crippen LogP contribution < -0.4 is 5.32 Å². The van der Waals surface area contributed by atoms with Gasteiger partial charge in [0.05, 0.1) is 12.1 Å². The van der Waals surface area contributed by atoms with E-state index in [1.54, 1.807) is 6.07 Å². The van der Waals surface area contributed by atoms with Crippen molar-refractivity contribution in [1.29, 1.82) is 0 Å². The molecule has 0 aliphatic carbocycles. The molecule has 0 bridgehead atoms. The van der Waals surface area contributed by atoms with Gasteiger partial charge in [-0.05, 0) is 32.3 Å². The number of nitrogens with zero attached hydrogens (tertiary/aromatic N) is 1. The maximum atomic E-state index is 13.0. The Balaban J connectivity index is 2.56. The number of nitrogens with one attached hydrogen (secondary N) is 1. The first-order valence-electron chi connectivity index (χ1n) is 4.59. The van der Waals surface area contributed by atoms with Gasteiger partial charge in [0, 0.05) is 23.7 Å². The molecule has 84 valence electrons. The zero-order valence-corrected chi connectivity index (χ0v) is 9.57. The molecule has 0 aliphatic rings. The molecule has 1 N–H and O–H groups in total. The molecule has 1 aromatic carbocycles. The van der Waals surface area contributed by atoms with Crippen LogP contribution in [0.25, 0.3) is 0 Å². The van der Waals surface area contributed by atoms with Gasteiger partial charge in [0.2, 0.25) is 0 Å². The molecule has 0 radical (unpaired) electrons. The lowest BCUT2D eigenvalue weighted by atomic mass is 10.3. The minimum absolute atomic E-state index is 0.0465. The molecule has 0 spiro atoms. The highest BCUT2D eigenvalue weighted by Crippen LogP contribution is 2.23. The molecule has 0 amide bonds. The van der Waals surface area contributed by atoms with Crippen molar-refractivity contribution in [1.82, 2.24) is 4.90 Å². The Labute approximate surface area is 93.0 Å². The SMILES string of the molecule is CN(C)CCNc1cc(F)cc(SF)c1. The predicted octanol–water partition coefficient (Wildman–Crippen LogP) is 2.78. The van der Waals surface area contributed by atoms with E-state index in [1.807, 2.05) is 19.0 Å². The van der Waals surface area contributed by atoms with Crippen molar-refractivity contribution >= 4 is 17.8 Å². The van der Waals surface area contributed by atoms with E-state index in [2.05, 4.69) is 5.32 Å². The lowest BCUT2D eigenvalue weighted by Gasteiger charge is -2.11. The van der Waals surface area contributed by atoms with Gasteiger partial charge < -0.3 is 10.2 Å². The van der Waals surface area contributed by atoms with Crippen LogP contribution in [0.2, 0.25) is 0 Å². The largest absolute Gasteiger partial charge is 0.384 e. The third-order valence-corrected chi connectivity index (χ3v) is 2.26. The summed E-state index contributed by atoms with van der Waals surface area (Å²) >= 11 is 0.0465. The van der Waals surface area contributed by atoms with Gasteiger partial charge in [-0.2, -0.15) is 3.89 Å². The van der Waals surface area contributed by atoms with Gasteiger partial charge in [0.1, 0.15) is 5.82 Å². The molecular weight excluding hydrogens is 218 g/mol. The minimum atomic E-state index is -0.426. The summed E-state index contributed by atoms with van der Waals surface area (Å²) in [5.41, 5.74) is 0.608. The summed E-state index contributed by atoms with van der Waals surface area (Å²) in [5.74, 6) is -0.426. The van der Waals surface area contributed by atoms with Crippen LogP contribution in [-0.4, -0.2) is 32.1 Å². The smallest absolute Gasteiger partial charge is 0.126 e. The lowest BCUT2D eigenvalue weighted by molar-refractivity contribution is 0.425. The highest BCUT2D eigenvalue weighted by molar-refractivity contribution is 7.94. The van der Waals surface area contributed by atoms with E-state index < -0.39 is 5.82 Å². The van der Waals surface area contributed by atoms with Gasteiger partial charge in [-0.25, -0.2) is 4.39 Å². The molecule has 0 saturated carbocycles. The zero-order chi connectivity index (χ0) is 11.3.